The van der Waals surface area contributed by atoms with Crippen molar-refractivity contribution in [3.63, 3.8) is 0 Å². The lowest BCUT2D eigenvalue weighted by molar-refractivity contribution is 0.102. The number of aryl methyl sites for hydroxylation is 1. The van der Waals surface area contributed by atoms with Crippen LogP contribution in [0.15, 0.2) is 42.5 Å². The van der Waals surface area contributed by atoms with Gasteiger partial charge in [0, 0.05) is 27.9 Å². The fourth-order valence-electron chi connectivity index (χ4n) is 3.39. The van der Waals surface area contributed by atoms with E-state index in [-0.39, 0.29) is 5.91 Å². The molecule has 2 aromatic carbocycles. The highest BCUT2D eigenvalue weighted by Crippen LogP contribution is 2.32. The number of ether oxygens (including phenoxy) is 1. The maximum Gasteiger partial charge on any atom is 0.256 e. The van der Waals surface area contributed by atoms with Gasteiger partial charge < -0.3 is 10.1 Å². The first-order valence-electron chi connectivity index (χ1n) is 8.22. The number of hydrogen-bond donors (Lipinski definition) is 1. The van der Waals surface area contributed by atoms with Crippen LogP contribution in [0.2, 0.25) is 5.02 Å². The van der Waals surface area contributed by atoms with Gasteiger partial charge in [-0.3, -0.25) is 9.78 Å². The Morgan fingerprint density at radius 3 is 2.92 bits per heavy atom. The topological polar surface area (TPSA) is 51.2 Å². The van der Waals surface area contributed by atoms with Gasteiger partial charge in [0.05, 0.1) is 18.2 Å². The number of halogens is 1. The van der Waals surface area contributed by atoms with Gasteiger partial charge in [-0.25, -0.2) is 0 Å². The van der Waals surface area contributed by atoms with Crippen LogP contribution in [-0.2, 0) is 12.8 Å². The Bertz CT molecular complexity index is 985. The Morgan fingerprint density at radius 2 is 2.08 bits per heavy atom. The smallest absolute Gasteiger partial charge is 0.256 e. The molecular weight excluding hydrogens is 336 g/mol. The second-order valence-electron chi connectivity index (χ2n) is 6.11. The van der Waals surface area contributed by atoms with Gasteiger partial charge >= 0.3 is 0 Å². The summed E-state index contributed by atoms with van der Waals surface area (Å²) in [6, 6.07) is 12.8. The summed E-state index contributed by atoms with van der Waals surface area (Å²) in [7, 11) is 1.60. The molecule has 1 heterocycles. The zero-order valence-electron chi connectivity index (χ0n) is 13.8. The molecule has 0 saturated carbocycles. The lowest BCUT2D eigenvalue weighted by atomic mass is 10.0. The number of rotatable bonds is 3. The molecule has 0 atom stereocenters. The Morgan fingerprint density at radius 1 is 1.20 bits per heavy atom. The monoisotopic (exact) mass is 352 g/mol. The summed E-state index contributed by atoms with van der Waals surface area (Å²) < 4.78 is 5.22. The number of carbonyl (C=O) groups excluding carboxylic acids is 1. The molecule has 0 aliphatic heterocycles. The highest BCUT2D eigenvalue weighted by atomic mass is 35.5. The van der Waals surface area contributed by atoms with E-state index in [4.69, 9.17) is 21.3 Å². The average molecular weight is 353 g/mol. The number of amides is 1. The summed E-state index contributed by atoms with van der Waals surface area (Å²) in [5, 5.41) is 4.38. The molecule has 126 valence electrons. The standard InChI is InChI=1S/C20H17ClN2O2/c1-25-14-5-2-4-13(11-14)22-20(24)19-15-6-3-7-17(15)23-18-9-8-12(21)10-16(18)19/h2,4-5,8-11H,3,6-7H2,1H3,(H,22,24). The third kappa shape index (κ3) is 2.94. The van der Waals surface area contributed by atoms with Crippen LogP contribution in [-0.4, -0.2) is 18.0 Å². The third-order valence-corrected chi connectivity index (χ3v) is 4.76. The molecule has 3 aromatic rings. The molecule has 5 heteroatoms. The molecule has 0 unspecified atom stereocenters. The second-order valence-corrected chi connectivity index (χ2v) is 6.55. The predicted octanol–water partition coefficient (Wildman–Crippen LogP) is 4.64. The predicted molar refractivity (Wildman–Crippen MR) is 99.7 cm³/mol. The van der Waals surface area contributed by atoms with E-state index in [0.29, 0.717) is 22.0 Å². The molecule has 0 radical (unpaired) electrons. The SMILES string of the molecule is COc1cccc(NC(=O)c2c3c(nc4ccc(Cl)cc24)CCC3)c1. The number of nitrogens with zero attached hydrogens (tertiary/aromatic N) is 1. The first kappa shape index (κ1) is 15.9. The van der Waals surface area contributed by atoms with Crippen LogP contribution in [0.3, 0.4) is 0 Å². The third-order valence-electron chi connectivity index (χ3n) is 4.53. The van der Waals surface area contributed by atoms with Crippen molar-refractivity contribution < 1.29 is 9.53 Å². The van der Waals surface area contributed by atoms with E-state index < -0.39 is 0 Å². The summed E-state index contributed by atoms with van der Waals surface area (Å²) in [4.78, 5) is 17.8. The minimum Gasteiger partial charge on any atom is -0.497 e. The Hall–Kier alpha value is -2.59. The molecule has 4 nitrogen and oxygen atoms in total. The summed E-state index contributed by atoms with van der Waals surface area (Å²) in [5.74, 6) is 0.562. The molecule has 1 aliphatic carbocycles. The van der Waals surface area contributed by atoms with E-state index >= 15 is 0 Å². The molecule has 0 fully saturated rings. The van der Waals surface area contributed by atoms with E-state index in [2.05, 4.69) is 5.32 Å². The lowest BCUT2D eigenvalue weighted by Gasteiger charge is -2.13. The van der Waals surface area contributed by atoms with Gasteiger partial charge in [0.1, 0.15) is 5.75 Å². The number of nitrogens with one attached hydrogen (secondary N) is 1. The highest BCUT2D eigenvalue weighted by Gasteiger charge is 2.24. The van der Waals surface area contributed by atoms with Gasteiger partial charge in [-0.1, -0.05) is 17.7 Å². The first-order chi connectivity index (χ1) is 12.2. The van der Waals surface area contributed by atoms with Crippen molar-refractivity contribution in [1.29, 1.82) is 0 Å². The maximum absolute atomic E-state index is 13.1. The zero-order chi connectivity index (χ0) is 17.4. The van der Waals surface area contributed by atoms with Crippen LogP contribution in [0.1, 0.15) is 28.0 Å². The molecule has 1 N–H and O–H groups in total. The Kier molecular flexibility index (Phi) is 4.06. The largest absolute Gasteiger partial charge is 0.497 e. The van der Waals surface area contributed by atoms with E-state index in [9.17, 15) is 4.79 Å². The van der Waals surface area contributed by atoms with Gasteiger partial charge in [0.15, 0.2) is 0 Å². The number of pyridine rings is 1. The molecule has 1 aromatic heterocycles. The number of aromatic nitrogens is 1. The van der Waals surface area contributed by atoms with Crippen molar-refractivity contribution >= 4 is 34.1 Å². The molecule has 0 saturated heterocycles. The number of fused-ring (bicyclic) bond motifs is 2. The van der Waals surface area contributed by atoms with Crippen molar-refractivity contribution in [2.24, 2.45) is 0 Å². The van der Waals surface area contributed by atoms with Gasteiger partial charge in [0.25, 0.3) is 5.91 Å². The van der Waals surface area contributed by atoms with Crippen LogP contribution in [0, 0.1) is 0 Å². The summed E-state index contributed by atoms with van der Waals surface area (Å²) in [5.41, 5.74) is 4.24. The highest BCUT2D eigenvalue weighted by molar-refractivity contribution is 6.31. The normalized spacial score (nSPS) is 12.9. The minimum atomic E-state index is -0.138. The Balaban J connectivity index is 1.81. The number of anilines is 1. The lowest BCUT2D eigenvalue weighted by Crippen LogP contribution is -2.15. The summed E-state index contributed by atoms with van der Waals surface area (Å²) in [6.07, 6.45) is 2.80. The summed E-state index contributed by atoms with van der Waals surface area (Å²) >= 11 is 6.17. The number of carbonyl (C=O) groups is 1. The fourth-order valence-corrected chi connectivity index (χ4v) is 3.56. The van der Waals surface area contributed by atoms with E-state index in [1.807, 2.05) is 36.4 Å². The van der Waals surface area contributed by atoms with Gasteiger partial charge in [-0.2, -0.15) is 0 Å². The fraction of sp³-hybridized carbons (Fsp3) is 0.200. The average Bonchev–Trinajstić information content (AvgIpc) is 3.07. The van der Waals surface area contributed by atoms with Crippen molar-refractivity contribution in [3.05, 3.63) is 64.3 Å². The Labute approximate surface area is 150 Å². The molecule has 0 spiro atoms. The van der Waals surface area contributed by atoms with Crippen molar-refractivity contribution in [3.8, 4) is 5.75 Å². The van der Waals surface area contributed by atoms with Gasteiger partial charge in [-0.15, -0.1) is 0 Å². The van der Waals surface area contributed by atoms with Crippen LogP contribution in [0.5, 0.6) is 5.75 Å². The molecule has 4 rings (SSSR count). The maximum atomic E-state index is 13.1. The molecular formula is C20H17ClN2O2. The van der Waals surface area contributed by atoms with Crippen LogP contribution < -0.4 is 10.1 Å². The van der Waals surface area contributed by atoms with Crippen molar-refractivity contribution in [2.45, 2.75) is 19.3 Å². The van der Waals surface area contributed by atoms with E-state index in [1.54, 1.807) is 13.2 Å². The van der Waals surface area contributed by atoms with E-state index in [1.165, 1.54) is 0 Å². The summed E-state index contributed by atoms with van der Waals surface area (Å²) in [6.45, 7) is 0. The number of hydrogen-bond acceptors (Lipinski definition) is 3. The molecule has 0 bridgehead atoms. The van der Waals surface area contributed by atoms with E-state index in [0.717, 1.165) is 41.4 Å². The van der Waals surface area contributed by atoms with Crippen molar-refractivity contribution in [1.82, 2.24) is 4.98 Å². The van der Waals surface area contributed by atoms with Crippen LogP contribution >= 0.6 is 11.6 Å². The molecule has 1 aliphatic rings. The second kappa shape index (κ2) is 6.37. The first-order valence-corrected chi connectivity index (χ1v) is 8.60. The molecule has 1 amide bonds. The molecule has 25 heavy (non-hydrogen) atoms. The quantitative estimate of drug-likeness (QED) is 0.747. The van der Waals surface area contributed by atoms with Crippen LogP contribution in [0.4, 0.5) is 5.69 Å². The van der Waals surface area contributed by atoms with Gasteiger partial charge in [-0.05, 0) is 55.2 Å². The van der Waals surface area contributed by atoms with Crippen LogP contribution in [0.25, 0.3) is 10.9 Å². The minimum absolute atomic E-state index is 0.138. The number of benzene rings is 2. The van der Waals surface area contributed by atoms with Gasteiger partial charge in [0.2, 0.25) is 0 Å². The van der Waals surface area contributed by atoms with Crippen molar-refractivity contribution in [2.75, 3.05) is 12.4 Å². The number of methoxy groups -OCH3 is 1. The zero-order valence-corrected chi connectivity index (χ0v) is 14.6.